The van der Waals surface area contributed by atoms with Gasteiger partial charge in [0.2, 0.25) is 6.04 Å². The van der Waals surface area contributed by atoms with Gasteiger partial charge in [0.25, 0.3) is 0 Å². The van der Waals surface area contributed by atoms with E-state index in [1.54, 1.807) is 6.92 Å². The predicted octanol–water partition coefficient (Wildman–Crippen LogP) is 1.46. The van der Waals surface area contributed by atoms with Gasteiger partial charge in [-0.2, -0.15) is 0 Å². The summed E-state index contributed by atoms with van der Waals surface area (Å²) in [4.78, 5) is 20.3. The molecule has 0 heterocycles. The maximum atomic E-state index is 10.3. The lowest BCUT2D eigenvalue weighted by Gasteiger charge is -2.02. The van der Waals surface area contributed by atoms with Crippen molar-refractivity contribution in [1.29, 1.82) is 0 Å². The Labute approximate surface area is 76.2 Å². The van der Waals surface area contributed by atoms with E-state index in [-0.39, 0.29) is 16.9 Å². The minimum atomic E-state index is -1.03. The van der Waals surface area contributed by atoms with Gasteiger partial charge >= 0.3 is 5.97 Å². The summed E-state index contributed by atoms with van der Waals surface area (Å²) in [5, 5.41) is 18.8. The van der Waals surface area contributed by atoms with Crippen LogP contribution >= 0.6 is 0 Å². The second kappa shape index (κ2) is 5.29. The topological polar surface area (TPSA) is 80.4 Å². The van der Waals surface area contributed by atoms with E-state index in [2.05, 4.69) is 0 Å². The fourth-order valence-corrected chi connectivity index (χ4v) is 0.802. The van der Waals surface area contributed by atoms with Crippen LogP contribution in [-0.2, 0) is 4.79 Å². The lowest BCUT2D eigenvalue weighted by Crippen LogP contribution is -2.17. The number of nitro groups is 1. The zero-order valence-corrected chi connectivity index (χ0v) is 7.69. The molecular weight excluding hydrogens is 174 g/mol. The number of hydrogen-bond acceptors (Lipinski definition) is 3. The summed E-state index contributed by atoms with van der Waals surface area (Å²) in [5.41, 5.74) is 0.153. The van der Waals surface area contributed by atoms with Gasteiger partial charge in [0.15, 0.2) is 0 Å². The summed E-state index contributed by atoms with van der Waals surface area (Å²) in [6.45, 7) is 3.13. The summed E-state index contributed by atoms with van der Waals surface area (Å²) >= 11 is 0. The van der Waals surface area contributed by atoms with E-state index in [1.807, 2.05) is 0 Å². The molecule has 0 saturated carbocycles. The number of aliphatic carboxylic acids is 1. The van der Waals surface area contributed by atoms with Crippen LogP contribution < -0.4 is 0 Å². The standard InChI is InChI=1S/C8H13NO4/c1-3-7(9(12)13)5-4-6(2)8(10)11/h4,7H,3,5H2,1-2H3,(H,10,11)/b6-4+. The molecule has 74 valence electrons. The number of carboxylic acids is 1. The Morgan fingerprint density at radius 2 is 2.23 bits per heavy atom. The molecule has 0 aromatic heterocycles. The Balaban J connectivity index is 4.19. The van der Waals surface area contributed by atoms with Crippen LogP contribution in [-0.4, -0.2) is 22.0 Å². The van der Waals surface area contributed by atoms with E-state index in [4.69, 9.17) is 5.11 Å². The van der Waals surface area contributed by atoms with Crippen LogP contribution in [0.3, 0.4) is 0 Å². The first-order chi connectivity index (χ1) is 5.99. The molecule has 5 nitrogen and oxygen atoms in total. The van der Waals surface area contributed by atoms with Crippen LogP contribution in [0.15, 0.2) is 11.6 Å². The number of nitrogens with zero attached hydrogens (tertiary/aromatic N) is 1. The first kappa shape index (κ1) is 11.6. The molecule has 0 aliphatic carbocycles. The van der Waals surface area contributed by atoms with Crippen LogP contribution in [0.25, 0.3) is 0 Å². The summed E-state index contributed by atoms with van der Waals surface area (Å²) < 4.78 is 0. The quantitative estimate of drug-likeness (QED) is 0.401. The summed E-state index contributed by atoms with van der Waals surface area (Å²) in [5.74, 6) is -1.03. The zero-order valence-electron chi connectivity index (χ0n) is 7.69. The molecule has 0 amide bonds. The van der Waals surface area contributed by atoms with Crippen molar-refractivity contribution in [3.05, 3.63) is 21.8 Å². The lowest BCUT2D eigenvalue weighted by molar-refractivity contribution is -0.521. The summed E-state index contributed by atoms with van der Waals surface area (Å²) in [6, 6.07) is -0.672. The molecule has 1 unspecified atom stereocenters. The van der Waals surface area contributed by atoms with Crippen LogP contribution in [0.5, 0.6) is 0 Å². The van der Waals surface area contributed by atoms with E-state index < -0.39 is 12.0 Å². The summed E-state index contributed by atoms with van der Waals surface area (Å²) in [7, 11) is 0. The van der Waals surface area contributed by atoms with Gasteiger partial charge in [-0.1, -0.05) is 13.0 Å². The molecule has 0 saturated heterocycles. The average molecular weight is 187 g/mol. The molecule has 0 aromatic rings. The highest BCUT2D eigenvalue weighted by Gasteiger charge is 2.15. The van der Waals surface area contributed by atoms with Crippen molar-refractivity contribution in [2.45, 2.75) is 32.7 Å². The molecule has 0 fully saturated rings. The predicted molar refractivity (Wildman–Crippen MR) is 47.1 cm³/mol. The molecule has 5 heteroatoms. The van der Waals surface area contributed by atoms with Gasteiger partial charge in [0, 0.05) is 23.3 Å². The zero-order chi connectivity index (χ0) is 10.4. The van der Waals surface area contributed by atoms with Gasteiger partial charge in [-0.25, -0.2) is 4.79 Å². The first-order valence-electron chi connectivity index (χ1n) is 4.02. The van der Waals surface area contributed by atoms with Crippen molar-refractivity contribution in [3.63, 3.8) is 0 Å². The average Bonchev–Trinajstić information content (AvgIpc) is 2.04. The largest absolute Gasteiger partial charge is 0.478 e. The van der Waals surface area contributed by atoms with E-state index in [1.165, 1.54) is 13.0 Å². The van der Waals surface area contributed by atoms with E-state index in [0.717, 1.165) is 0 Å². The maximum Gasteiger partial charge on any atom is 0.330 e. The number of hydrogen-bond donors (Lipinski definition) is 1. The van der Waals surface area contributed by atoms with E-state index in [0.29, 0.717) is 6.42 Å². The molecule has 0 spiro atoms. The monoisotopic (exact) mass is 187 g/mol. The van der Waals surface area contributed by atoms with Crippen molar-refractivity contribution < 1.29 is 14.8 Å². The Bertz CT molecular complexity index is 234. The molecule has 0 aliphatic heterocycles. The second-order valence-corrected chi connectivity index (χ2v) is 2.78. The fourth-order valence-electron chi connectivity index (χ4n) is 0.802. The van der Waals surface area contributed by atoms with E-state index >= 15 is 0 Å². The van der Waals surface area contributed by atoms with Crippen LogP contribution in [0.4, 0.5) is 0 Å². The number of carbonyl (C=O) groups is 1. The van der Waals surface area contributed by atoms with E-state index in [9.17, 15) is 14.9 Å². The van der Waals surface area contributed by atoms with Crippen LogP contribution in [0, 0.1) is 10.1 Å². The Morgan fingerprint density at radius 3 is 2.54 bits per heavy atom. The van der Waals surface area contributed by atoms with Crippen molar-refractivity contribution >= 4 is 5.97 Å². The highest BCUT2D eigenvalue weighted by atomic mass is 16.6. The number of carboxylic acid groups (broad SMARTS) is 1. The molecule has 0 bridgehead atoms. The van der Waals surface area contributed by atoms with Gasteiger partial charge in [-0.3, -0.25) is 10.1 Å². The second-order valence-electron chi connectivity index (χ2n) is 2.78. The normalized spacial score (nSPS) is 13.8. The molecular formula is C8H13NO4. The molecule has 13 heavy (non-hydrogen) atoms. The highest BCUT2D eigenvalue weighted by molar-refractivity contribution is 5.85. The molecule has 0 radical (unpaired) electrons. The molecule has 0 aromatic carbocycles. The lowest BCUT2D eigenvalue weighted by atomic mass is 10.1. The highest BCUT2D eigenvalue weighted by Crippen LogP contribution is 2.05. The molecule has 0 aliphatic rings. The van der Waals surface area contributed by atoms with Gasteiger partial charge in [0.05, 0.1) is 0 Å². The van der Waals surface area contributed by atoms with Crippen molar-refractivity contribution in [3.8, 4) is 0 Å². The fraction of sp³-hybridized carbons (Fsp3) is 0.625. The maximum absolute atomic E-state index is 10.3. The van der Waals surface area contributed by atoms with Crippen LogP contribution in [0.1, 0.15) is 26.7 Å². The molecule has 0 rings (SSSR count). The molecule has 1 atom stereocenters. The third-order valence-corrected chi connectivity index (χ3v) is 1.80. The van der Waals surface area contributed by atoms with Crippen LogP contribution in [0.2, 0.25) is 0 Å². The SMILES string of the molecule is CCC(C/C=C(\C)C(=O)O)[N+](=O)[O-]. The smallest absolute Gasteiger partial charge is 0.330 e. The minimum Gasteiger partial charge on any atom is -0.478 e. The van der Waals surface area contributed by atoms with Crippen molar-refractivity contribution in [2.75, 3.05) is 0 Å². The minimum absolute atomic E-state index is 0.153. The Morgan fingerprint density at radius 1 is 1.69 bits per heavy atom. The first-order valence-corrected chi connectivity index (χ1v) is 4.02. The Hall–Kier alpha value is -1.39. The van der Waals surface area contributed by atoms with Gasteiger partial charge in [0.1, 0.15) is 0 Å². The van der Waals surface area contributed by atoms with Gasteiger partial charge in [-0.15, -0.1) is 0 Å². The third kappa shape index (κ3) is 4.25. The van der Waals surface area contributed by atoms with Crippen molar-refractivity contribution in [2.24, 2.45) is 0 Å². The van der Waals surface area contributed by atoms with Crippen molar-refractivity contribution in [1.82, 2.24) is 0 Å². The van der Waals surface area contributed by atoms with Gasteiger partial charge < -0.3 is 5.11 Å². The summed E-state index contributed by atoms with van der Waals surface area (Å²) in [6.07, 6.45) is 1.98. The van der Waals surface area contributed by atoms with Gasteiger partial charge in [-0.05, 0) is 6.92 Å². The number of rotatable bonds is 5. The molecule has 1 N–H and O–H groups in total. The third-order valence-electron chi connectivity index (χ3n) is 1.80. The Kier molecular flexibility index (Phi) is 4.72.